The van der Waals surface area contributed by atoms with Crippen molar-refractivity contribution in [1.82, 2.24) is 14.5 Å². The Morgan fingerprint density at radius 2 is 1.85 bits per heavy atom. The first-order valence-electron chi connectivity index (χ1n) is 10.8. The van der Waals surface area contributed by atoms with E-state index in [0.717, 1.165) is 16.8 Å². The average Bonchev–Trinajstić information content (AvgIpc) is 3.43. The van der Waals surface area contributed by atoms with Crippen LogP contribution in [0.2, 0.25) is 0 Å². The maximum Gasteiger partial charge on any atom is 0.267 e. The van der Waals surface area contributed by atoms with Crippen LogP contribution in [-0.4, -0.2) is 20.4 Å². The van der Waals surface area contributed by atoms with E-state index in [1.54, 1.807) is 17.8 Å². The molecular weight excluding hydrogens is 464 g/mol. The van der Waals surface area contributed by atoms with Gasteiger partial charge in [-0.3, -0.25) is 19.5 Å². The van der Waals surface area contributed by atoms with Crippen molar-refractivity contribution in [2.24, 2.45) is 0 Å². The van der Waals surface area contributed by atoms with E-state index in [0.29, 0.717) is 32.3 Å². The van der Waals surface area contributed by atoms with Gasteiger partial charge in [-0.15, -0.1) is 22.7 Å². The van der Waals surface area contributed by atoms with Crippen molar-refractivity contribution in [3.63, 3.8) is 0 Å². The highest BCUT2D eigenvalue weighted by Crippen LogP contribution is 2.30. The second-order valence-corrected chi connectivity index (χ2v) is 10.0. The van der Waals surface area contributed by atoms with Gasteiger partial charge in [0.15, 0.2) is 5.13 Å². The Labute approximate surface area is 204 Å². The summed E-state index contributed by atoms with van der Waals surface area (Å²) in [7, 11) is 0. The van der Waals surface area contributed by atoms with Crippen LogP contribution in [0, 0.1) is 20.8 Å². The number of aromatic nitrogens is 3. The number of rotatable bonds is 5. The Bertz CT molecular complexity index is 1580. The SMILES string of the molecule is Cc1ccc(-c2csc(NC(=O)c3sc4ncn(Cc5ccccc5)c(=O)c4c3C)n2)cc1C. The minimum atomic E-state index is -0.282. The molecule has 0 atom stereocenters. The number of nitrogens with zero attached hydrogens (tertiary/aromatic N) is 3. The second kappa shape index (κ2) is 8.96. The standard InChI is InChI=1S/C26H22N4O2S2/c1-15-9-10-19(11-16(15)2)20-13-33-26(28-20)29-23(31)22-17(3)21-24(34-22)27-14-30(25(21)32)12-18-7-5-4-6-8-18/h4-11,13-14H,12H2,1-3H3,(H,28,29,31). The Balaban J connectivity index is 1.41. The molecule has 0 saturated carbocycles. The number of amides is 1. The molecule has 0 spiro atoms. The molecule has 0 radical (unpaired) electrons. The first-order valence-corrected chi connectivity index (χ1v) is 12.5. The molecule has 5 aromatic rings. The molecule has 0 aliphatic carbocycles. The molecule has 3 aromatic heterocycles. The van der Waals surface area contributed by atoms with Crippen molar-refractivity contribution >= 4 is 43.9 Å². The molecule has 0 aliphatic rings. The quantitative estimate of drug-likeness (QED) is 0.340. The Kier molecular flexibility index (Phi) is 5.85. The molecule has 0 unspecified atom stereocenters. The van der Waals surface area contributed by atoms with Gasteiger partial charge in [0, 0.05) is 10.9 Å². The fraction of sp³-hybridized carbons (Fsp3) is 0.154. The fourth-order valence-electron chi connectivity index (χ4n) is 3.79. The minimum Gasteiger partial charge on any atom is -0.297 e. The summed E-state index contributed by atoms with van der Waals surface area (Å²) in [5.41, 5.74) is 5.77. The molecule has 0 bridgehead atoms. The van der Waals surface area contributed by atoms with Gasteiger partial charge in [-0.2, -0.15) is 0 Å². The van der Waals surface area contributed by atoms with Crippen LogP contribution < -0.4 is 10.9 Å². The van der Waals surface area contributed by atoms with Crippen LogP contribution in [0.4, 0.5) is 5.13 Å². The zero-order valence-corrected chi connectivity index (χ0v) is 20.6. The largest absolute Gasteiger partial charge is 0.297 e. The normalized spacial score (nSPS) is 11.1. The maximum absolute atomic E-state index is 13.1. The lowest BCUT2D eigenvalue weighted by Crippen LogP contribution is -2.21. The number of nitrogens with one attached hydrogen (secondary N) is 1. The third kappa shape index (κ3) is 4.18. The minimum absolute atomic E-state index is 0.145. The van der Waals surface area contributed by atoms with Gasteiger partial charge in [-0.05, 0) is 49.1 Å². The van der Waals surface area contributed by atoms with Gasteiger partial charge in [0.1, 0.15) is 4.83 Å². The number of benzene rings is 2. The van der Waals surface area contributed by atoms with Gasteiger partial charge in [0.2, 0.25) is 0 Å². The fourth-order valence-corrected chi connectivity index (χ4v) is 5.54. The number of carbonyl (C=O) groups is 1. The smallest absolute Gasteiger partial charge is 0.267 e. The molecule has 1 N–H and O–H groups in total. The van der Waals surface area contributed by atoms with E-state index in [1.165, 1.54) is 33.8 Å². The van der Waals surface area contributed by atoms with Gasteiger partial charge in [0.05, 0.1) is 28.8 Å². The summed E-state index contributed by atoms with van der Waals surface area (Å²) in [6, 6.07) is 16.0. The highest BCUT2D eigenvalue weighted by Gasteiger charge is 2.20. The summed E-state index contributed by atoms with van der Waals surface area (Å²) in [6.45, 7) is 6.37. The molecule has 6 nitrogen and oxygen atoms in total. The van der Waals surface area contributed by atoms with E-state index >= 15 is 0 Å². The van der Waals surface area contributed by atoms with Gasteiger partial charge in [0.25, 0.3) is 11.5 Å². The molecule has 1 amide bonds. The number of thiazole rings is 1. The van der Waals surface area contributed by atoms with Crippen molar-refractivity contribution in [3.05, 3.63) is 97.7 Å². The van der Waals surface area contributed by atoms with Crippen LogP contribution in [0.1, 0.15) is 31.9 Å². The van der Waals surface area contributed by atoms with E-state index in [-0.39, 0.29) is 11.5 Å². The summed E-state index contributed by atoms with van der Waals surface area (Å²) >= 11 is 2.60. The Hall–Kier alpha value is -3.62. The highest BCUT2D eigenvalue weighted by molar-refractivity contribution is 7.21. The Morgan fingerprint density at radius 1 is 1.06 bits per heavy atom. The van der Waals surface area contributed by atoms with Gasteiger partial charge in [-0.1, -0.05) is 42.5 Å². The lowest BCUT2D eigenvalue weighted by molar-refractivity contribution is 0.103. The summed E-state index contributed by atoms with van der Waals surface area (Å²) in [5, 5.41) is 5.83. The first-order chi connectivity index (χ1) is 16.4. The molecule has 0 aliphatic heterocycles. The third-order valence-electron chi connectivity index (χ3n) is 5.85. The first kappa shape index (κ1) is 22.2. The number of aryl methyl sites for hydroxylation is 3. The van der Waals surface area contributed by atoms with Crippen LogP contribution in [0.25, 0.3) is 21.5 Å². The van der Waals surface area contributed by atoms with E-state index in [1.807, 2.05) is 41.8 Å². The van der Waals surface area contributed by atoms with Crippen LogP contribution in [-0.2, 0) is 6.54 Å². The predicted octanol–water partition coefficient (Wildman–Crippen LogP) is 5.81. The molecule has 8 heteroatoms. The molecule has 170 valence electrons. The second-order valence-electron chi connectivity index (χ2n) is 8.19. The van der Waals surface area contributed by atoms with Crippen molar-refractivity contribution in [2.45, 2.75) is 27.3 Å². The molecule has 0 saturated heterocycles. The summed E-state index contributed by atoms with van der Waals surface area (Å²) in [6.07, 6.45) is 1.55. The number of anilines is 1. The van der Waals surface area contributed by atoms with Crippen molar-refractivity contribution in [3.8, 4) is 11.3 Å². The number of hydrogen-bond donors (Lipinski definition) is 1. The van der Waals surface area contributed by atoms with E-state index in [9.17, 15) is 9.59 Å². The van der Waals surface area contributed by atoms with E-state index in [4.69, 9.17) is 0 Å². The zero-order chi connectivity index (χ0) is 23.8. The van der Waals surface area contributed by atoms with Crippen LogP contribution in [0.15, 0.2) is 65.0 Å². The van der Waals surface area contributed by atoms with E-state index < -0.39 is 0 Å². The average molecular weight is 487 g/mol. The molecule has 2 aromatic carbocycles. The number of fused-ring (bicyclic) bond motifs is 1. The Morgan fingerprint density at radius 3 is 2.62 bits per heavy atom. The lowest BCUT2D eigenvalue weighted by atomic mass is 10.1. The van der Waals surface area contributed by atoms with Crippen molar-refractivity contribution < 1.29 is 4.79 Å². The summed E-state index contributed by atoms with van der Waals surface area (Å²) in [4.78, 5) is 36.3. The molecule has 3 heterocycles. The van der Waals surface area contributed by atoms with Gasteiger partial charge in [-0.25, -0.2) is 9.97 Å². The van der Waals surface area contributed by atoms with E-state index in [2.05, 4.69) is 41.3 Å². The van der Waals surface area contributed by atoms with Crippen LogP contribution in [0.5, 0.6) is 0 Å². The number of hydrogen-bond acceptors (Lipinski definition) is 6. The monoisotopic (exact) mass is 486 g/mol. The third-order valence-corrected chi connectivity index (χ3v) is 7.80. The summed E-state index contributed by atoms with van der Waals surface area (Å²) < 4.78 is 1.58. The van der Waals surface area contributed by atoms with Gasteiger partial charge < -0.3 is 0 Å². The van der Waals surface area contributed by atoms with Crippen LogP contribution in [0.3, 0.4) is 0 Å². The van der Waals surface area contributed by atoms with Gasteiger partial charge >= 0.3 is 0 Å². The predicted molar refractivity (Wildman–Crippen MR) is 139 cm³/mol. The lowest BCUT2D eigenvalue weighted by Gasteiger charge is -2.05. The number of carbonyl (C=O) groups excluding carboxylic acids is 1. The topological polar surface area (TPSA) is 76.9 Å². The van der Waals surface area contributed by atoms with Crippen molar-refractivity contribution in [2.75, 3.05) is 5.32 Å². The molecule has 34 heavy (non-hydrogen) atoms. The summed E-state index contributed by atoms with van der Waals surface area (Å²) in [5.74, 6) is -0.282. The van der Waals surface area contributed by atoms with Crippen LogP contribution >= 0.6 is 22.7 Å². The maximum atomic E-state index is 13.1. The highest BCUT2D eigenvalue weighted by atomic mass is 32.1. The zero-order valence-electron chi connectivity index (χ0n) is 19.0. The van der Waals surface area contributed by atoms with Crippen molar-refractivity contribution in [1.29, 1.82) is 0 Å². The number of thiophene rings is 1. The molecule has 0 fully saturated rings. The molecular formula is C26H22N4O2S2. The molecule has 5 rings (SSSR count).